The highest BCUT2D eigenvalue weighted by Gasteiger charge is 2.37. The van der Waals surface area contributed by atoms with Gasteiger partial charge in [-0.1, -0.05) is 131 Å². The molecule has 0 aromatic heterocycles. The zero-order chi connectivity index (χ0) is 34.3. The molecule has 0 amide bonds. The number of benzene rings is 7. The Bertz CT molecular complexity index is 2240. The molecule has 0 atom stereocenters. The van der Waals surface area contributed by atoms with Gasteiger partial charge < -0.3 is 9.80 Å². The summed E-state index contributed by atoms with van der Waals surface area (Å²) in [4.78, 5) is 4.79. The molecule has 0 unspecified atom stereocenters. The molecule has 0 heterocycles. The monoisotopic (exact) mass is 648 g/mol. The summed E-state index contributed by atoms with van der Waals surface area (Å²) in [6, 6.07) is 61.8. The Morgan fingerprint density at radius 2 is 0.860 bits per heavy atom. The molecular weight excluding hydrogens is 605 g/mol. The maximum absolute atomic E-state index is 2.48. The molecular formula is C48H44N2. The van der Waals surface area contributed by atoms with E-state index in [0.29, 0.717) is 0 Å². The number of anilines is 6. The van der Waals surface area contributed by atoms with Crippen LogP contribution in [-0.4, -0.2) is 0 Å². The van der Waals surface area contributed by atoms with E-state index in [1.165, 1.54) is 57.2 Å². The minimum absolute atomic E-state index is 0.108. The SMILES string of the molecule is CC1(C)CCC(C)(C)c2cc(N(c3cccc(-c4cccc(N(c5ccccc5)c5ccccc5)c4)c3)c3cccc4ccccc34)ccc21. The van der Waals surface area contributed by atoms with Crippen LogP contribution in [-0.2, 0) is 10.8 Å². The van der Waals surface area contributed by atoms with Crippen molar-refractivity contribution in [3.8, 4) is 11.1 Å². The Morgan fingerprint density at radius 1 is 0.380 bits per heavy atom. The van der Waals surface area contributed by atoms with Gasteiger partial charge in [0.15, 0.2) is 0 Å². The van der Waals surface area contributed by atoms with E-state index in [2.05, 4.69) is 207 Å². The fraction of sp³-hybridized carbons (Fsp3) is 0.167. The van der Waals surface area contributed by atoms with Crippen LogP contribution in [0.25, 0.3) is 21.9 Å². The molecule has 0 saturated heterocycles. The summed E-state index contributed by atoms with van der Waals surface area (Å²) in [7, 11) is 0. The van der Waals surface area contributed by atoms with Gasteiger partial charge in [0.2, 0.25) is 0 Å². The maximum atomic E-state index is 2.48. The van der Waals surface area contributed by atoms with Crippen LogP contribution in [0.1, 0.15) is 51.7 Å². The van der Waals surface area contributed by atoms with Gasteiger partial charge >= 0.3 is 0 Å². The first-order chi connectivity index (χ1) is 24.3. The highest BCUT2D eigenvalue weighted by molar-refractivity contribution is 5.99. The van der Waals surface area contributed by atoms with Crippen molar-refractivity contribution in [1.29, 1.82) is 0 Å². The molecule has 1 aliphatic carbocycles. The van der Waals surface area contributed by atoms with Crippen molar-refractivity contribution in [3.63, 3.8) is 0 Å². The molecule has 0 N–H and O–H groups in total. The number of hydrogen-bond donors (Lipinski definition) is 0. The van der Waals surface area contributed by atoms with Crippen LogP contribution in [0.3, 0.4) is 0 Å². The number of fused-ring (bicyclic) bond motifs is 2. The first kappa shape index (κ1) is 31.7. The van der Waals surface area contributed by atoms with E-state index in [4.69, 9.17) is 0 Å². The highest BCUT2D eigenvalue weighted by Crippen LogP contribution is 2.49. The lowest BCUT2D eigenvalue weighted by Gasteiger charge is -2.42. The van der Waals surface area contributed by atoms with Gasteiger partial charge in [0, 0.05) is 33.8 Å². The molecule has 1 aliphatic rings. The first-order valence-electron chi connectivity index (χ1n) is 17.8. The fourth-order valence-corrected chi connectivity index (χ4v) is 7.80. The zero-order valence-corrected chi connectivity index (χ0v) is 29.5. The molecule has 0 aliphatic heterocycles. The van der Waals surface area contributed by atoms with E-state index >= 15 is 0 Å². The highest BCUT2D eigenvalue weighted by atomic mass is 15.1. The molecule has 0 radical (unpaired) electrons. The van der Waals surface area contributed by atoms with Gasteiger partial charge in [0.05, 0.1) is 5.69 Å². The minimum Gasteiger partial charge on any atom is -0.310 e. The Labute approximate surface area is 297 Å². The average Bonchev–Trinajstić information content (AvgIpc) is 3.15. The van der Waals surface area contributed by atoms with Gasteiger partial charge in [0.1, 0.15) is 0 Å². The Hall–Kier alpha value is -5.60. The average molecular weight is 649 g/mol. The summed E-state index contributed by atoms with van der Waals surface area (Å²) in [5.41, 5.74) is 12.4. The van der Waals surface area contributed by atoms with Gasteiger partial charge in [-0.25, -0.2) is 0 Å². The molecule has 0 bridgehead atoms. The minimum atomic E-state index is 0.108. The quantitative estimate of drug-likeness (QED) is 0.170. The predicted octanol–water partition coefficient (Wildman–Crippen LogP) is 13.8. The summed E-state index contributed by atoms with van der Waals surface area (Å²) in [6.07, 6.45) is 2.38. The van der Waals surface area contributed by atoms with Crippen LogP contribution in [0.5, 0.6) is 0 Å². The van der Waals surface area contributed by atoms with E-state index in [9.17, 15) is 0 Å². The number of para-hydroxylation sites is 2. The van der Waals surface area contributed by atoms with Gasteiger partial charge in [-0.2, -0.15) is 0 Å². The van der Waals surface area contributed by atoms with Crippen molar-refractivity contribution in [2.24, 2.45) is 0 Å². The van der Waals surface area contributed by atoms with E-state index in [-0.39, 0.29) is 10.8 Å². The molecule has 7 aromatic carbocycles. The van der Waals surface area contributed by atoms with Crippen molar-refractivity contribution in [3.05, 3.63) is 181 Å². The van der Waals surface area contributed by atoms with Crippen molar-refractivity contribution < 1.29 is 0 Å². The molecule has 2 heteroatoms. The van der Waals surface area contributed by atoms with Crippen LogP contribution >= 0.6 is 0 Å². The third kappa shape index (κ3) is 5.86. The largest absolute Gasteiger partial charge is 0.310 e. The normalized spacial score (nSPS) is 14.6. The van der Waals surface area contributed by atoms with Gasteiger partial charge in [-0.3, -0.25) is 0 Å². The molecule has 0 fully saturated rings. The van der Waals surface area contributed by atoms with Crippen LogP contribution in [0.2, 0.25) is 0 Å². The lowest BCUT2D eigenvalue weighted by atomic mass is 9.63. The second-order valence-corrected chi connectivity index (χ2v) is 14.9. The predicted molar refractivity (Wildman–Crippen MR) is 214 cm³/mol. The first-order valence-corrected chi connectivity index (χ1v) is 17.8. The summed E-state index contributed by atoms with van der Waals surface area (Å²) in [6.45, 7) is 9.62. The third-order valence-electron chi connectivity index (χ3n) is 10.7. The van der Waals surface area contributed by atoms with Crippen molar-refractivity contribution >= 4 is 44.9 Å². The smallest absolute Gasteiger partial charge is 0.0540 e. The summed E-state index contributed by atoms with van der Waals surface area (Å²) < 4.78 is 0. The van der Waals surface area contributed by atoms with Crippen LogP contribution < -0.4 is 9.80 Å². The zero-order valence-electron chi connectivity index (χ0n) is 29.5. The van der Waals surface area contributed by atoms with E-state index < -0.39 is 0 Å². The molecule has 246 valence electrons. The fourth-order valence-electron chi connectivity index (χ4n) is 7.80. The summed E-state index contributed by atoms with van der Waals surface area (Å²) in [5, 5.41) is 2.47. The van der Waals surface area contributed by atoms with Crippen molar-refractivity contribution in [2.75, 3.05) is 9.80 Å². The Morgan fingerprint density at radius 3 is 1.50 bits per heavy atom. The second kappa shape index (κ2) is 12.7. The summed E-state index contributed by atoms with van der Waals surface area (Å²) >= 11 is 0. The van der Waals surface area contributed by atoms with E-state index in [1.54, 1.807) is 0 Å². The number of nitrogens with zero attached hydrogens (tertiary/aromatic N) is 2. The lowest BCUT2D eigenvalue weighted by molar-refractivity contribution is 0.332. The second-order valence-electron chi connectivity index (χ2n) is 14.9. The van der Waals surface area contributed by atoms with Gasteiger partial charge in [0.25, 0.3) is 0 Å². The molecule has 0 spiro atoms. The number of rotatable bonds is 7. The van der Waals surface area contributed by atoms with Crippen molar-refractivity contribution in [1.82, 2.24) is 0 Å². The standard InChI is InChI=1S/C48H44N2/c1-47(2)30-31-48(3,4)45-34-42(28-29-44(45)47)50(46-27-15-17-35-16-11-12-26-43(35)46)41-25-14-19-37(33-41)36-18-13-24-40(32-36)49(38-20-7-5-8-21-38)39-22-9-6-10-23-39/h5-29,32-34H,30-31H2,1-4H3. The topological polar surface area (TPSA) is 6.48 Å². The lowest BCUT2D eigenvalue weighted by Crippen LogP contribution is -2.34. The van der Waals surface area contributed by atoms with E-state index in [0.717, 1.165) is 22.7 Å². The molecule has 0 saturated carbocycles. The molecule has 8 rings (SSSR count). The molecule has 7 aromatic rings. The van der Waals surface area contributed by atoms with E-state index in [1.807, 2.05) is 0 Å². The number of hydrogen-bond acceptors (Lipinski definition) is 2. The van der Waals surface area contributed by atoms with Gasteiger partial charge in [-0.15, -0.1) is 0 Å². The molecule has 50 heavy (non-hydrogen) atoms. The Balaban J connectivity index is 1.28. The summed E-state index contributed by atoms with van der Waals surface area (Å²) in [5.74, 6) is 0. The van der Waals surface area contributed by atoms with Crippen LogP contribution in [0, 0.1) is 0 Å². The van der Waals surface area contributed by atoms with Crippen molar-refractivity contribution in [2.45, 2.75) is 51.4 Å². The third-order valence-corrected chi connectivity index (χ3v) is 10.7. The van der Waals surface area contributed by atoms with Gasteiger partial charge in [-0.05, 0) is 118 Å². The van der Waals surface area contributed by atoms with Crippen LogP contribution in [0.15, 0.2) is 170 Å². The van der Waals surface area contributed by atoms with Crippen LogP contribution in [0.4, 0.5) is 34.1 Å². The maximum Gasteiger partial charge on any atom is 0.0540 e. The Kier molecular flexibility index (Phi) is 8.04. The molecule has 2 nitrogen and oxygen atoms in total.